The maximum absolute atomic E-state index is 5.32. The van der Waals surface area contributed by atoms with Crippen molar-refractivity contribution in [1.82, 2.24) is 9.97 Å². The van der Waals surface area contributed by atoms with Crippen LogP contribution in [0.4, 0.5) is 0 Å². The van der Waals surface area contributed by atoms with Crippen molar-refractivity contribution in [1.29, 1.82) is 0 Å². The molecule has 0 saturated carbocycles. The van der Waals surface area contributed by atoms with Crippen molar-refractivity contribution < 1.29 is 4.74 Å². The fourth-order valence-electron chi connectivity index (χ4n) is 2.10. The summed E-state index contributed by atoms with van der Waals surface area (Å²) >= 11 is 0. The summed E-state index contributed by atoms with van der Waals surface area (Å²) in [4.78, 5) is 8.32. The summed E-state index contributed by atoms with van der Waals surface area (Å²) in [6, 6.07) is 14.4. The Hall–Kier alpha value is -2.42. The van der Waals surface area contributed by atoms with E-state index in [1.165, 1.54) is 5.39 Å². The maximum atomic E-state index is 5.32. The van der Waals surface area contributed by atoms with Crippen molar-refractivity contribution in [3.8, 4) is 17.0 Å². The summed E-state index contributed by atoms with van der Waals surface area (Å²) in [5.74, 6) is 0.689. The fraction of sp³-hybridized carbons (Fsp3) is 0.0667. The minimum atomic E-state index is 0.689. The number of benzene rings is 2. The van der Waals surface area contributed by atoms with Crippen LogP contribution in [0.25, 0.3) is 22.0 Å². The molecule has 0 aliphatic carbocycles. The smallest absolute Gasteiger partial charge is 0.163 e. The highest BCUT2D eigenvalue weighted by atomic mass is 16.5. The largest absolute Gasteiger partial charge is 0.493 e. The van der Waals surface area contributed by atoms with E-state index in [0.29, 0.717) is 5.75 Å². The molecule has 0 N–H and O–H groups in total. The van der Waals surface area contributed by atoms with E-state index in [1.54, 1.807) is 19.6 Å². The summed E-state index contributed by atoms with van der Waals surface area (Å²) in [6.07, 6.45) is 3.23. The van der Waals surface area contributed by atoms with Crippen LogP contribution in [0.5, 0.6) is 5.75 Å². The molecule has 0 amide bonds. The molecule has 18 heavy (non-hydrogen) atoms. The topological polar surface area (TPSA) is 35.0 Å². The zero-order valence-corrected chi connectivity index (χ0v) is 10.00. The van der Waals surface area contributed by atoms with E-state index in [0.717, 1.165) is 16.6 Å². The second-order valence-electron chi connectivity index (χ2n) is 3.97. The molecule has 0 aliphatic rings. The quantitative estimate of drug-likeness (QED) is 0.684. The van der Waals surface area contributed by atoms with Gasteiger partial charge in [-0.3, -0.25) is 0 Å². The standard InChI is InChI=1S/C15H12N2O/c1-18-14-9-16-10-17-15(14)13-8-4-6-11-5-2-3-7-12(11)13/h2-10H,1H3. The Bertz CT molecular complexity index is 689. The second-order valence-corrected chi connectivity index (χ2v) is 3.97. The van der Waals surface area contributed by atoms with Gasteiger partial charge in [-0.05, 0) is 10.8 Å². The van der Waals surface area contributed by atoms with E-state index in [9.17, 15) is 0 Å². The van der Waals surface area contributed by atoms with Gasteiger partial charge in [0, 0.05) is 5.56 Å². The molecule has 0 atom stereocenters. The third-order valence-electron chi connectivity index (χ3n) is 2.94. The molecular weight excluding hydrogens is 224 g/mol. The lowest BCUT2D eigenvalue weighted by molar-refractivity contribution is 0.412. The van der Waals surface area contributed by atoms with Gasteiger partial charge in [-0.1, -0.05) is 42.5 Å². The SMILES string of the molecule is COc1cncnc1-c1cccc2ccccc12. The summed E-state index contributed by atoms with van der Waals surface area (Å²) in [6.45, 7) is 0. The van der Waals surface area contributed by atoms with Crippen LogP contribution in [0.2, 0.25) is 0 Å². The molecule has 0 unspecified atom stereocenters. The van der Waals surface area contributed by atoms with Gasteiger partial charge in [0.05, 0.1) is 13.3 Å². The van der Waals surface area contributed by atoms with Crippen LogP contribution in [-0.4, -0.2) is 17.1 Å². The summed E-state index contributed by atoms with van der Waals surface area (Å²) in [7, 11) is 1.63. The second kappa shape index (κ2) is 4.45. The van der Waals surface area contributed by atoms with Gasteiger partial charge in [0.2, 0.25) is 0 Å². The van der Waals surface area contributed by atoms with Crippen molar-refractivity contribution in [2.24, 2.45) is 0 Å². The van der Waals surface area contributed by atoms with E-state index in [2.05, 4.69) is 28.2 Å². The summed E-state index contributed by atoms with van der Waals surface area (Å²) in [5.41, 5.74) is 1.89. The molecular formula is C15H12N2O. The first kappa shape index (κ1) is 10.7. The van der Waals surface area contributed by atoms with Crippen LogP contribution in [-0.2, 0) is 0 Å². The highest BCUT2D eigenvalue weighted by molar-refractivity contribution is 5.96. The van der Waals surface area contributed by atoms with Crippen molar-refractivity contribution in [3.63, 3.8) is 0 Å². The van der Waals surface area contributed by atoms with E-state index < -0.39 is 0 Å². The van der Waals surface area contributed by atoms with Gasteiger partial charge < -0.3 is 4.74 Å². The number of fused-ring (bicyclic) bond motifs is 1. The van der Waals surface area contributed by atoms with Gasteiger partial charge >= 0.3 is 0 Å². The van der Waals surface area contributed by atoms with Crippen molar-refractivity contribution in [2.45, 2.75) is 0 Å². The van der Waals surface area contributed by atoms with Crippen LogP contribution in [0, 0.1) is 0 Å². The number of ether oxygens (including phenoxy) is 1. The van der Waals surface area contributed by atoms with Gasteiger partial charge in [0.15, 0.2) is 5.75 Å². The highest BCUT2D eigenvalue weighted by Crippen LogP contribution is 2.32. The Morgan fingerprint density at radius 3 is 2.72 bits per heavy atom. The molecule has 0 spiro atoms. The average molecular weight is 236 g/mol. The molecule has 3 nitrogen and oxygen atoms in total. The monoisotopic (exact) mass is 236 g/mol. The lowest BCUT2D eigenvalue weighted by Gasteiger charge is -2.09. The first-order chi connectivity index (χ1) is 8.90. The minimum Gasteiger partial charge on any atom is -0.493 e. The molecule has 0 bridgehead atoms. The Balaban J connectivity index is 2.32. The molecule has 3 rings (SSSR count). The molecule has 0 aliphatic heterocycles. The fourth-order valence-corrected chi connectivity index (χ4v) is 2.10. The molecule has 0 saturated heterocycles. The Morgan fingerprint density at radius 1 is 1.00 bits per heavy atom. The zero-order valence-electron chi connectivity index (χ0n) is 10.00. The Morgan fingerprint density at radius 2 is 1.83 bits per heavy atom. The Labute approximate surface area is 105 Å². The first-order valence-corrected chi connectivity index (χ1v) is 5.72. The molecule has 1 aromatic heterocycles. The normalized spacial score (nSPS) is 10.5. The lowest BCUT2D eigenvalue weighted by Crippen LogP contribution is -1.93. The minimum absolute atomic E-state index is 0.689. The van der Waals surface area contributed by atoms with Crippen LogP contribution in [0.3, 0.4) is 0 Å². The molecule has 0 radical (unpaired) electrons. The molecule has 2 aromatic carbocycles. The predicted molar refractivity (Wildman–Crippen MR) is 71.5 cm³/mol. The number of nitrogens with zero attached hydrogens (tertiary/aromatic N) is 2. The molecule has 0 fully saturated rings. The summed E-state index contributed by atoms with van der Waals surface area (Å²) < 4.78 is 5.32. The van der Waals surface area contributed by atoms with E-state index in [4.69, 9.17) is 4.74 Å². The molecule has 1 heterocycles. The van der Waals surface area contributed by atoms with Gasteiger partial charge in [-0.2, -0.15) is 0 Å². The van der Waals surface area contributed by atoms with Gasteiger partial charge in [0.25, 0.3) is 0 Å². The van der Waals surface area contributed by atoms with E-state index in [1.807, 2.05) is 24.3 Å². The predicted octanol–water partition coefficient (Wildman–Crippen LogP) is 3.31. The molecule has 3 aromatic rings. The maximum Gasteiger partial charge on any atom is 0.163 e. The van der Waals surface area contributed by atoms with Crippen LogP contribution < -0.4 is 4.74 Å². The van der Waals surface area contributed by atoms with Crippen LogP contribution in [0.1, 0.15) is 0 Å². The highest BCUT2D eigenvalue weighted by Gasteiger charge is 2.09. The van der Waals surface area contributed by atoms with Crippen LogP contribution >= 0.6 is 0 Å². The number of aromatic nitrogens is 2. The van der Waals surface area contributed by atoms with Crippen molar-refractivity contribution in [2.75, 3.05) is 7.11 Å². The van der Waals surface area contributed by atoms with Gasteiger partial charge in [0.1, 0.15) is 12.0 Å². The third-order valence-corrected chi connectivity index (χ3v) is 2.94. The van der Waals surface area contributed by atoms with Crippen LogP contribution in [0.15, 0.2) is 55.0 Å². The molecule has 3 heteroatoms. The van der Waals surface area contributed by atoms with E-state index >= 15 is 0 Å². The first-order valence-electron chi connectivity index (χ1n) is 5.72. The third kappa shape index (κ3) is 1.70. The summed E-state index contributed by atoms with van der Waals surface area (Å²) in [5, 5.41) is 2.35. The van der Waals surface area contributed by atoms with Crippen molar-refractivity contribution in [3.05, 3.63) is 55.0 Å². The Kier molecular flexibility index (Phi) is 2.65. The zero-order chi connectivity index (χ0) is 12.4. The van der Waals surface area contributed by atoms with Gasteiger partial charge in [-0.25, -0.2) is 9.97 Å². The van der Waals surface area contributed by atoms with Gasteiger partial charge in [-0.15, -0.1) is 0 Å². The van der Waals surface area contributed by atoms with E-state index in [-0.39, 0.29) is 0 Å². The number of hydrogen-bond donors (Lipinski definition) is 0. The molecule has 88 valence electrons. The lowest BCUT2D eigenvalue weighted by atomic mass is 10.0. The number of methoxy groups -OCH3 is 1. The number of hydrogen-bond acceptors (Lipinski definition) is 3. The number of rotatable bonds is 2. The average Bonchev–Trinajstić information content (AvgIpc) is 2.46. The van der Waals surface area contributed by atoms with Crippen molar-refractivity contribution >= 4 is 10.8 Å².